The molecule has 2 amide bonds. The fourth-order valence-corrected chi connectivity index (χ4v) is 4.10. The van der Waals surface area contributed by atoms with Crippen molar-refractivity contribution >= 4 is 52.1 Å². The van der Waals surface area contributed by atoms with Gasteiger partial charge in [0, 0.05) is 42.8 Å². The highest BCUT2D eigenvalue weighted by Gasteiger charge is 2.30. The molecule has 8 heteroatoms. The highest BCUT2D eigenvalue weighted by molar-refractivity contribution is 7.80. The van der Waals surface area contributed by atoms with Gasteiger partial charge in [-0.3, -0.25) is 14.9 Å². The van der Waals surface area contributed by atoms with Crippen molar-refractivity contribution in [2.75, 3.05) is 36.4 Å². The zero-order valence-corrected chi connectivity index (χ0v) is 20.4. The number of hydrogen-bond acceptors (Lipinski definition) is 4. The van der Waals surface area contributed by atoms with Crippen LogP contribution in [0.25, 0.3) is 0 Å². The van der Waals surface area contributed by atoms with Crippen molar-refractivity contribution in [2.24, 2.45) is 5.41 Å². The molecular formula is C24H29ClN4O2S. The van der Waals surface area contributed by atoms with Crippen LogP contribution in [0.15, 0.2) is 42.5 Å². The lowest BCUT2D eigenvalue weighted by atomic mass is 9.94. The van der Waals surface area contributed by atoms with Crippen molar-refractivity contribution in [3.8, 4) is 0 Å². The minimum absolute atomic E-state index is 0.170. The molecule has 1 fully saturated rings. The second-order valence-corrected chi connectivity index (χ2v) is 9.79. The van der Waals surface area contributed by atoms with Crippen molar-refractivity contribution in [3.05, 3.63) is 58.6 Å². The van der Waals surface area contributed by atoms with Crippen LogP contribution in [0, 0.1) is 12.3 Å². The number of piperazine rings is 1. The van der Waals surface area contributed by atoms with Crippen molar-refractivity contribution in [3.63, 3.8) is 0 Å². The van der Waals surface area contributed by atoms with Crippen molar-refractivity contribution in [1.82, 2.24) is 10.2 Å². The molecule has 1 saturated heterocycles. The highest BCUT2D eigenvalue weighted by Crippen LogP contribution is 2.30. The molecule has 0 aromatic heterocycles. The van der Waals surface area contributed by atoms with Crippen molar-refractivity contribution in [2.45, 2.75) is 27.7 Å². The molecule has 2 aromatic rings. The number of hydrogen-bond donors (Lipinski definition) is 2. The first kappa shape index (κ1) is 24.0. The second-order valence-electron chi connectivity index (χ2n) is 8.97. The maximum Gasteiger partial charge on any atom is 0.257 e. The summed E-state index contributed by atoms with van der Waals surface area (Å²) in [7, 11) is 0. The number of benzene rings is 2. The topological polar surface area (TPSA) is 64.7 Å². The molecule has 0 unspecified atom stereocenters. The van der Waals surface area contributed by atoms with Crippen LogP contribution < -0.4 is 15.5 Å². The zero-order valence-electron chi connectivity index (χ0n) is 18.9. The van der Waals surface area contributed by atoms with E-state index in [9.17, 15) is 9.59 Å². The van der Waals surface area contributed by atoms with Crippen LogP contribution in [-0.4, -0.2) is 48.0 Å². The normalized spacial score (nSPS) is 14.2. The quantitative estimate of drug-likeness (QED) is 0.645. The van der Waals surface area contributed by atoms with Gasteiger partial charge in [-0.25, -0.2) is 0 Å². The molecule has 6 nitrogen and oxygen atoms in total. The number of carbonyl (C=O) groups excluding carboxylic acids is 2. The van der Waals surface area contributed by atoms with Crippen molar-refractivity contribution < 1.29 is 9.59 Å². The molecular weight excluding hydrogens is 444 g/mol. The third-order valence-electron chi connectivity index (χ3n) is 5.26. The first-order valence-corrected chi connectivity index (χ1v) is 11.4. The van der Waals surface area contributed by atoms with E-state index in [0.717, 1.165) is 24.3 Å². The first-order chi connectivity index (χ1) is 15.0. The van der Waals surface area contributed by atoms with Gasteiger partial charge in [0.05, 0.1) is 10.7 Å². The van der Waals surface area contributed by atoms with Gasteiger partial charge in [0.15, 0.2) is 5.11 Å². The number of halogens is 1. The second kappa shape index (κ2) is 9.88. The number of carbonyl (C=O) groups is 2. The summed E-state index contributed by atoms with van der Waals surface area (Å²) in [5.41, 5.74) is 2.78. The predicted molar refractivity (Wildman–Crippen MR) is 135 cm³/mol. The van der Waals surface area contributed by atoms with Crippen LogP contribution in [0.2, 0.25) is 5.02 Å². The Bertz CT molecular complexity index is 1030. The van der Waals surface area contributed by atoms with E-state index in [1.54, 1.807) is 18.2 Å². The number of thiocarbonyl (C=S) groups is 1. The lowest BCUT2D eigenvalue weighted by molar-refractivity contribution is -0.139. The molecule has 1 heterocycles. The fourth-order valence-electron chi connectivity index (χ4n) is 3.59. The summed E-state index contributed by atoms with van der Waals surface area (Å²) in [5, 5.41) is 6.48. The number of aryl methyl sites for hydroxylation is 1. The number of rotatable bonds is 3. The van der Waals surface area contributed by atoms with E-state index in [1.807, 2.05) is 56.9 Å². The van der Waals surface area contributed by atoms with Gasteiger partial charge in [0.1, 0.15) is 0 Å². The Kier molecular flexibility index (Phi) is 7.41. The van der Waals surface area contributed by atoms with Crippen molar-refractivity contribution in [1.29, 1.82) is 0 Å². The van der Waals surface area contributed by atoms with E-state index < -0.39 is 0 Å². The molecule has 2 N–H and O–H groups in total. The van der Waals surface area contributed by atoms with E-state index >= 15 is 0 Å². The van der Waals surface area contributed by atoms with Gasteiger partial charge in [-0.05, 0) is 49.5 Å². The van der Waals surface area contributed by atoms with E-state index in [2.05, 4.69) is 15.5 Å². The molecule has 0 aliphatic carbocycles. The molecule has 3 rings (SSSR count). The summed E-state index contributed by atoms with van der Waals surface area (Å²) >= 11 is 11.8. The number of anilines is 2. The lowest BCUT2D eigenvalue weighted by Gasteiger charge is -2.39. The summed E-state index contributed by atoms with van der Waals surface area (Å²) in [6, 6.07) is 12.9. The van der Waals surface area contributed by atoms with E-state index in [-0.39, 0.29) is 22.3 Å². The van der Waals surface area contributed by atoms with Crippen LogP contribution in [0.4, 0.5) is 11.4 Å². The molecule has 0 saturated carbocycles. The van der Waals surface area contributed by atoms with Gasteiger partial charge in [0.2, 0.25) is 5.91 Å². The third-order valence-corrected chi connectivity index (χ3v) is 5.77. The summed E-state index contributed by atoms with van der Waals surface area (Å²) < 4.78 is 0. The summed E-state index contributed by atoms with van der Waals surface area (Å²) in [6.07, 6.45) is 0. The molecule has 170 valence electrons. The monoisotopic (exact) mass is 472 g/mol. The molecule has 0 bridgehead atoms. The smallest absolute Gasteiger partial charge is 0.257 e. The molecule has 2 aromatic carbocycles. The molecule has 1 aliphatic rings. The minimum atomic E-state index is -0.375. The van der Waals surface area contributed by atoms with Crippen LogP contribution in [0.1, 0.15) is 36.7 Å². The van der Waals surface area contributed by atoms with Gasteiger partial charge >= 0.3 is 0 Å². The SMILES string of the molecule is Cc1cccc(C(=O)NC(=S)Nc2ccc(N3CCN(C(=O)C(C)(C)C)CC3)c(Cl)c2)c1. The third kappa shape index (κ3) is 5.99. The summed E-state index contributed by atoms with van der Waals surface area (Å²) in [6.45, 7) is 10.5. The van der Waals surface area contributed by atoms with Crippen LogP contribution in [0.5, 0.6) is 0 Å². The molecule has 1 aliphatic heterocycles. The molecule has 0 radical (unpaired) electrons. The van der Waals surface area contributed by atoms with E-state index in [1.165, 1.54) is 0 Å². The zero-order chi connectivity index (χ0) is 23.5. The Morgan fingerprint density at radius 1 is 1.03 bits per heavy atom. The van der Waals surface area contributed by atoms with Gasteiger partial charge in [-0.1, -0.05) is 50.1 Å². The number of amides is 2. The molecule has 0 spiro atoms. The Morgan fingerprint density at radius 3 is 2.31 bits per heavy atom. The summed E-state index contributed by atoms with van der Waals surface area (Å²) in [5.74, 6) is -0.0967. The predicted octanol–water partition coefficient (Wildman–Crippen LogP) is 4.47. The standard InChI is InChI=1S/C24H29ClN4O2S/c1-16-6-5-7-17(14-16)21(30)27-23(32)26-18-8-9-20(19(25)15-18)28-10-12-29(13-11-28)22(31)24(2,3)4/h5-9,14-15H,10-13H2,1-4H3,(H2,26,27,30,32). The molecule has 0 atom stereocenters. The van der Waals surface area contributed by atoms with Gasteiger partial charge < -0.3 is 15.1 Å². The average Bonchev–Trinajstić information content (AvgIpc) is 2.73. The Balaban J connectivity index is 1.58. The average molecular weight is 473 g/mol. The maximum absolute atomic E-state index is 12.5. The van der Waals surface area contributed by atoms with E-state index in [4.69, 9.17) is 23.8 Å². The van der Waals surface area contributed by atoms with Crippen LogP contribution in [0.3, 0.4) is 0 Å². The number of nitrogens with one attached hydrogen (secondary N) is 2. The Morgan fingerprint density at radius 2 is 1.72 bits per heavy atom. The van der Waals surface area contributed by atoms with Gasteiger partial charge in [-0.2, -0.15) is 0 Å². The van der Waals surface area contributed by atoms with Gasteiger partial charge in [0.25, 0.3) is 5.91 Å². The number of nitrogens with zero attached hydrogens (tertiary/aromatic N) is 2. The van der Waals surface area contributed by atoms with Gasteiger partial charge in [-0.15, -0.1) is 0 Å². The van der Waals surface area contributed by atoms with Crippen LogP contribution >= 0.6 is 23.8 Å². The van der Waals surface area contributed by atoms with Crippen LogP contribution in [-0.2, 0) is 4.79 Å². The lowest BCUT2D eigenvalue weighted by Crippen LogP contribution is -2.51. The van der Waals surface area contributed by atoms with E-state index in [0.29, 0.717) is 29.4 Å². The highest BCUT2D eigenvalue weighted by atomic mass is 35.5. The molecule has 32 heavy (non-hydrogen) atoms. The first-order valence-electron chi connectivity index (χ1n) is 10.6. The fraction of sp³-hybridized carbons (Fsp3) is 0.375. The Labute approximate surface area is 199 Å². The Hall–Kier alpha value is -2.64. The minimum Gasteiger partial charge on any atom is -0.367 e. The maximum atomic E-state index is 12.5. The largest absolute Gasteiger partial charge is 0.367 e. The summed E-state index contributed by atoms with van der Waals surface area (Å²) in [4.78, 5) is 28.9.